The normalized spacial score (nSPS) is 18.0. The van der Waals surface area contributed by atoms with Gasteiger partial charge in [-0.15, -0.1) is 0 Å². The van der Waals surface area contributed by atoms with Gasteiger partial charge in [-0.3, -0.25) is 9.59 Å². The number of rotatable bonds is 8. The molecule has 8 nitrogen and oxygen atoms in total. The fourth-order valence-corrected chi connectivity index (χ4v) is 5.24. The third-order valence-electron chi connectivity index (χ3n) is 6.80. The first-order valence-electron chi connectivity index (χ1n) is 12.1. The van der Waals surface area contributed by atoms with Gasteiger partial charge in [-0.25, -0.2) is 4.79 Å². The molecule has 2 aliphatic rings. The molecule has 0 aromatic heterocycles. The van der Waals surface area contributed by atoms with Crippen LogP contribution in [0.2, 0.25) is 0 Å². The molecule has 8 heteroatoms. The van der Waals surface area contributed by atoms with Gasteiger partial charge < -0.3 is 25.0 Å². The predicted molar refractivity (Wildman–Crippen MR) is 132 cm³/mol. The number of piperidine rings is 1. The van der Waals surface area contributed by atoms with Crippen LogP contribution in [0.3, 0.4) is 0 Å². The van der Waals surface area contributed by atoms with Crippen molar-refractivity contribution < 1.29 is 24.2 Å². The number of carbonyl (C=O) groups excluding carboxylic acids is 2. The number of benzene rings is 2. The van der Waals surface area contributed by atoms with Gasteiger partial charge in [0.1, 0.15) is 12.6 Å². The maximum atomic E-state index is 13.4. The largest absolute Gasteiger partial charge is 0.481 e. The number of likely N-dealkylation sites (tertiary alicyclic amines) is 1. The Morgan fingerprint density at radius 3 is 2.29 bits per heavy atom. The van der Waals surface area contributed by atoms with E-state index in [1.165, 1.54) is 0 Å². The van der Waals surface area contributed by atoms with Crippen molar-refractivity contribution in [3.05, 3.63) is 59.7 Å². The number of ether oxygens (including phenoxy) is 1. The number of carboxylic acid groups (broad SMARTS) is 1. The summed E-state index contributed by atoms with van der Waals surface area (Å²) in [5.41, 5.74) is 4.53. The van der Waals surface area contributed by atoms with E-state index in [1.807, 2.05) is 43.3 Å². The molecule has 0 saturated carbocycles. The van der Waals surface area contributed by atoms with Crippen LogP contribution in [0.5, 0.6) is 0 Å². The van der Waals surface area contributed by atoms with Crippen molar-refractivity contribution in [2.24, 2.45) is 0 Å². The number of alkyl carbamates (subject to hydrolysis) is 1. The molecule has 186 valence electrons. The molecule has 0 radical (unpaired) electrons. The average Bonchev–Trinajstić information content (AvgIpc) is 3.15. The Bertz CT molecular complexity index is 1040. The second kappa shape index (κ2) is 10.9. The number of aliphatic carboxylic acids is 1. The Kier molecular flexibility index (Phi) is 7.70. The smallest absolute Gasteiger partial charge is 0.407 e. The third kappa shape index (κ3) is 5.65. The van der Waals surface area contributed by atoms with Crippen molar-refractivity contribution in [1.29, 1.82) is 0 Å². The van der Waals surface area contributed by atoms with Crippen molar-refractivity contribution >= 4 is 18.0 Å². The van der Waals surface area contributed by atoms with E-state index >= 15 is 0 Å². The monoisotopic (exact) mass is 479 g/mol. The van der Waals surface area contributed by atoms with Gasteiger partial charge in [0.15, 0.2) is 0 Å². The molecule has 4 rings (SSSR count). The van der Waals surface area contributed by atoms with Crippen LogP contribution in [-0.4, -0.2) is 78.8 Å². The number of hydrogen-bond donors (Lipinski definition) is 2. The number of carboxylic acids is 1. The van der Waals surface area contributed by atoms with Crippen molar-refractivity contribution in [2.45, 2.75) is 43.7 Å². The van der Waals surface area contributed by atoms with Crippen molar-refractivity contribution in [1.82, 2.24) is 15.1 Å². The van der Waals surface area contributed by atoms with E-state index in [0.29, 0.717) is 19.5 Å². The van der Waals surface area contributed by atoms with Crippen LogP contribution in [0.1, 0.15) is 42.7 Å². The quantitative estimate of drug-likeness (QED) is 0.603. The molecule has 1 heterocycles. The summed E-state index contributed by atoms with van der Waals surface area (Å²) in [5, 5.41) is 12.0. The lowest BCUT2D eigenvalue weighted by Crippen LogP contribution is -2.56. The second-order valence-electron chi connectivity index (χ2n) is 9.56. The molecule has 1 aliphatic carbocycles. The Balaban J connectivity index is 1.44. The number of nitrogens with one attached hydrogen (secondary N) is 1. The molecule has 0 spiro atoms. The maximum Gasteiger partial charge on any atom is 0.407 e. The summed E-state index contributed by atoms with van der Waals surface area (Å²) < 4.78 is 5.65. The topological polar surface area (TPSA) is 99.2 Å². The van der Waals surface area contributed by atoms with E-state index in [9.17, 15) is 19.5 Å². The van der Waals surface area contributed by atoms with Gasteiger partial charge in [0.05, 0.1) is 6.42 Å². The Labute approximate surface area is 205 Å². The van der Waals surface area contributed by atoms with Crippen LogP contribution in [0.15, 0.2) is 48.5 Å². The minimum Gasteiger partial charge on any atom is -0.481 e. The number of amides is 2. The van der Waals surface area contributed by atoms with E-state index in [4.69, 9.17) is 4.74 Å². The average molecular weight is 480 g/mol. The van der Waals surface area contributed by atoms with E-state index in [-0.39, 0.29) is 30.9 Å². The Morgan fingerprint density at radius 2 is 1.69 bits per heavy atom. The first kappa shape index (κ1) is 24.7. The summed E-state index contributed by atoms with van der Waals surface area (Å²) in [4.78, 5) is 41.0. The number of likely N-dealkylation sites (N-methyl/N-ethyl adjacent to an activating group) is 1. The summed E-state index contributed by atoms with van der Waals surface area (Å²) in [5.74, 6) is -1.26. The molecule has 2 aromatic rings. The second-order valence-corrected chi connectivity index (χ2v) is 9.56. The summed E-state index contributed by atoms with van der Waals surface area (Å²) in [6.45, 7) is 0.945. The van der Waals surface area contributed by atoms with Gasteiger partial charge in [0.2, 0.25) is 5.91 Å². The van der Waals surface area contributed by atoms with Crippen LogP contribution in [-0.2, 0) is 14.3 Å². The molecule has 2 N–H and O–H groups in total. The standard InChI is InChI=1S/C27H33N3O5/c1-29(2)16-24(26(33)30-14-8-7-9-18(30)15-25(31)32)28-27(34)35-17-23-21-12-5-3-10-19(21)20-11-4-6-13-22(20)23/h3-6,10-13,18,23-24H,7-9,14-17H2,1-2H3,(H,28,34)(H,31,32)/t18-,24+/m1/s1. The van der Waals surface area contributed by atoms with Gasteiger partial charge in [-0.05, 0) is 55.6 Å². The molecular weight excluding hydrogens is 446 g/mol. The number of hydrogen-bond acceptors (Lipinski definition) is 5. The van der Waals surface area contributed by atoms with Gasteiger partial charge in [0.25, 0.3) is 0 Å². The van der Waals surface area contributed by atoms with Crippen LogP contribution >= 0.6 is 0 Å². The summed E-state index contributed by atoms with van der Waals surface area (Å²) in [7, 11) is 3.65. The van der Waals surface area contributed by atoms with E-state index in [0.717, 1.165) is 35.1 Å². The highest BCUT2D eigenvalue weighted by atomic mass is 16.5. The number of nitrogens with zero attached hydrogens (tertiary/aromatic N) is 2. The Morgan fingerprint density at radius 1 is 1.06 bits per heavy atom. The molecule has 35 heavy (non-hydrogen) atoms. The van der Waals surface area contributed by atoms with Crippen LogP contribution in [0, 0.1) is 0 Å². The lowest BCUT2D eigenvalue weighted by atomic mass is 9.98. The summed E-state index contributed by atoms with van der Waals surface area (Å²) >= 11 is 0. The molecule has 2 aromatic carbocycles. The van der Waals surface area contributed by atoms with Crippen LogP contribution < -0.4 is 5.32 Å². The van der Waals surface area contributed by atoms with Crippen LogP contribution in [0.25, 0.3) is 11.1 Å². The SMILES string of the molecule is CN(C)C[C@H](NC(=O)OCC1c2ccccc2-c2ccccc21)C(=O)N1CCCC[C@@H]1CC(=O)O. The van der Waals surface area contributed by atoms with Crippen molar-refractivity contribution in [3.8, 4) is 11.1 Å². The lowest BCUT2D eigenvalue weighted by molar-refractivity contribution is -0.143. The minimum atomic E-state index is -0.927. The molecule has 0 bridgehead atoms. The zero-order valence-corrected chi connectivity index (χ0v) is 20.3. The van der Waals surface area contributed by atoms with Gasteiger partial charge >= 0.3 is 12.1 Å². The predicted octanol–water partition coefficient (Wildman–Crippen LogP) is 3.31. The summed E-state index contributed by atoms with van der Waals surface area (Å²) in [6, 6.07) is 15.0. The number of fused-ring (bicyclic) bond motifs is 3. The fourth-order valence-electron chi connectivity index (χ4n) is 5.24. The Hall–Kier alpha value is -3.39. The highest BCUT2D eigenvalue weighted by molar-refractivity contribution is 5.87. The fraction of sp³-hybridized carbons (Fsp3) is 0.444. The molecule has 2 atom stereocenters. The summed E-state index contributed by atoms with van der Waals surface area (Å²) in [6.07, 6.45) is 1.61. The van der Waals surface area contributed by atoms with E-state index < -0.39 is 18.1 Å². The third-order valence-corrected chi connectivity index (χ3v) is 6.80. The first-order valence-corrected chi connectivity index (χ1v) is 12.1. The highest BCUT2D eigenvalue weighted by Gasteiger charge is 2.35. The van der Waals surface area contributed by atoms with E-state index in [1.54, 1.807) is 4.90 Å². The molecule has 1 aliphatic heterocycles. The molecular formula is C27H33N3O5. The molecule has 1 fully saturated rings. The molecule has 2 amide bonds. The zero-order valence-electron chi connectivity index (χ0n) is 20.3. The van der Waals surface area contributed by atoms with Crippen molar-refractivity contribution in [3.63, 3.8) is 0 Å². The molecule has 1 saturated heterocycles. The lowest BCUT2D eigenvalue weighted by Gasteiger charge is -2.37. The van der Waals surface area contributed by atoms with Gasteiger partial charge in [-0.1, -0.05) is 48.5 Å². The molecule has 0 unspecified atom stereocenters. The number of carbonyl (C=O) groups is 3. The van der Waals surface area contributed by atoms with Gasteiger partial charge in [0, 0.05) is 25.0 Å². The first-order chi connectivity index (χ1) is 16.8. The highest BCUT2D eigenvalue weighted by Crippen LogP contribution is 2.44. The maximum absolute atomic E-state index is 13.4. The van der Waals surface area contributed by atoms with E-state index in [2.05, 4.69) is 29.6 Å². The van der Waals surface area contributed by atoms with Crippen molar-refractivity contribution in [2.75, 3.05) is 33.8 Å². The van der Waals surface area contributed by atoms with Gasteiger partial charge in [-0.2, -0.15) is 0 Å². The van der Waals surface area contributed by atoms with Crippen LogP contribution in [0.4, 0.5) is 4.79 Å². The minimum absolute atomic E-state index is 0.0711. The zero-order chi connectivity index (χ0) is 24.9.